The van der Waals surface area contributed by atoms with Crippen LogP contribution >= 0.6 is 11.6 Å². The molecule has 4 nitrogen and oxygen atoms in total. The van der Waals surface area contributed by atoms with E-state index in [2.05, 4.69) is 9.97 Å². The largest absolute Gasteiger partial charge is 0.455 e. The van der Waals surface area contributed by atoms with Crippen molar-refractivity contribution in [1.29, 1.82) is 0 Å². The molecule has 0 aliphatic rings. The highest BCUT2D eigenvalue weighted by Gasteiger charge is 2.18. The first kappa shape index (κ1) is 10.9. The van der Waals surface area contributed by atoms with Crippen LogP contribution in [-0.2, 0) is 4.74 Å². The molecule has 5 heteroatoms. The Morgan fingerprint density at radius 3 is 2.43 bits per heavy atom. The third-order valence-corrected chi connectivity index (χ3v) is 1.42. The highest BCUT2D eigenvalue weighted by molar-refractivity contribution is 6.29. The Balaban J connectivity index is 2.76. The van der Waals surface area contributed by atoms with Gasteiger partial charge in [0.1, 0.15) is 10.8 Å². The zero-order valence-electron chi connectivity index (χ0n) is 8.24. The molecule has 1 heterocycles. The van der Waals surface area contributed by atoms with Crippen LogP contribution in [0.5, 0.6) is 0 Å². The van der Waals surface area contributed by atoms with Crippen molar-refractivity contribution in [1.82, 2.24) is 9.97 Å². The Labute approximate surface area is 87.3 Å². The molecule has 76 valence electrons. The number of nitrogens with zero attached hydrogens (tertiary/aromatic N) is 2. The molecule has 0 bridgehead atoms. The zero-order chi connectivity index (χ0) is 10.8. The molecule has 1 aromatic rings. The molecule has 0 N–H and O–H groups in total. The lowest BCUT2D eigenvalue weighted by Crippen LogP contribution is -2.24. The molecule has 0 saturated heterocycles. The average molecular weight is 215 g/mol. The van der Waals surface area contributed by atoms with Gasteiger partial charge in [-0.2, -0.15) is 0 Å². The number of ether oxygens (including phenoxy) is 1. The van der Waals surface area contributed by atoms with Crippen molar-refractivity contribution in [2.45, 2.75) is 26.4 Å². The number of hydrogen-bond acceptors (Lipinski definition) is 4. The number of carbonyl (C=O) groups excluding carboxylic acids is 1. The highest BCUT2D eigenvalue weighted by Crippen LogP contribution is 2.10. The van der Waals surface area contributed by atoms with E-state index in [-0.39, 0.29) is 10.8 Å². The summed E-state index contributed by atoms with van der Waals surface area (Å²) in [5.74, 6) is -0.498. The first-order valence-corrected chi connectivity index (χ1v) is 4.47. The van der Waals surface area contributed by atoms with Crippen LogP contribution in [0.4, 0.5) is 0 Å². The van der Waals surface area contributed by atoms with Gasteiger partial charge in [-0.05, 0) is 20.8 Å². The van der Waals surface area contributed by atoms with Crippen LogP contribution in [0, 0.1) is 0 Å². The Kier molecular flexibility index (Phi) is 3.06. The Hall–Kier alpha value is -1.16. The molecule has 1 rings (SSSR count). The summed E-state index contributed by atoms with van der Waals surface area (Å²) < 4.78 is 5.08. The maximum Gasteiger partial charge on any atom is 0.359 e. The summed E-state index contributed by atoms with van der Waals surface area (Å²) in [7, 11) is 0. The Morgan fingerprint density at radius 1 is 1.36 bits per heavy atom. The molecule has 0 aliphatic carbocycles. The van der Waals surface area contributed by atoms with E-state index in [4.69, 9.17) is 16.3 Å². The van der Waals surface area contributed by atoms with Gasteiger partial charge >= 0.3 is 5.97 Å². The minimum absolute atomic E-state index is 0.157. The molecule has 0 fully saturated rings. The lowest BCUT2D eigenvalue weighted by atomic mass is 10.2. The second-order valence-electron chi connectivity index (χ2n) is 3.73. The van der Waals surface area contributed by atoms with E-state index in [0.29, 0.717) is 0 Å². The van der Waals surface area contributed by atoms with E-state index in [1.807, 2.05) is 0 Å². The summed E-state index contributed by atoms with van der Waals surface area (Å²) in [6.07, 6.45) is 2.59. The smallest absolute Gasteiger partial charge is 0.359 e. The van der Waals surface area contributed by atoms with Crippen LogP contribution in [0.25, 0.3) is 0 Å². The lowest BCUT2D eigenvalue weighted by Gasteiger charge is -2.18. The van der Waals surface area contributed by atoms with E-state index in [9.17, 15) is 4.79 Å². The van der Waals surface area contributed by atoms with Gasteiger partial charge in [-0.25, -0.2) is 14.8 Å². The molecular formula is C9H11ClN2O2. The maximum absolute atomic E-state index is 11.4. The third-order valence-electron chi connectivity index (χ3n) is 1.23. The van der Waals surface area contributed by atoms with Crippen LogP contribution in [0.3, 0.4) is 0 Å². The molecule has 0 atom stereocenters. The molecule has 0 saturated carbocycles. The fourth-order valence-corrected chi connectivity index (χ4v) is 0.846. The number of esters is 1. The van der Waals surface area contributed by atoms with Crippen molar-refractivity contribution in [2.75, 3.05) is 0 Å². The molecule has 0 amide bonds. The average Bonchev–Trinajstić information content (AvgIpc) is 2.02. The first-order valence-electron chi connectivity index (χ1n) is 4.09. The van der Waals surface area contributed by atoms with Crippen molar-refractivity contribution < 1.29 is 9.53 Å². The monoisotopic (exact) mass is 214 g/mol. The second kappa shape index (κ2) is 3.92. The summed E-state index contributed by atoms with van der Waals surface area (Å²) in [6.45, 7) is 5.36. The van der Waals surface area contributed by atoms with Crippen LogP contribution in [0.15, 0.2) is 12.4 Å². The van der Waals surface area contributed by atoms with Gasteiger partial charge in [0.15, 0.2) is 5.69 Å². The molecule has 0 radical (unpaired) electrons. The number of rotatable bonds is 1. The van der Waals surface area contributed by atoms with Crippen molar-refractivity contribution >= 4 is 17.6 Å². The van der Waals surface area contributed by atoms with Crippen LogP contribution in [-0.4, -0.2) is 21.5 Å². The zero-order valence-corrected chi connectivity index (χ0v) is 9.00. The van der Waals surface area contributed by atoms with Gasteiger partial charge in [-0.15, -0.1) is 0 Å². The Morgan fingerprint density at radius 2 is 2.00 bits per heavy atom. The van der Waals surface area contributed by atoms with E-state index in [1.165, 1.54) is 12.4 Å². The summed E-state index contributed by atoms with van der Waals surface area (Å²) in [5.41, 5.74) is -0.373. The SMILES string of the molecule is CC(C)(C)OC(=O)c1cnc(Cl)cn1. The summed E-state index contributed by atoms with van der Waals surface area (Å²) in [4.78, 5) is 18.9. The number of hydrogen-bond donors (Lipinski definition) is 0. The minimum Gasteiger partial charge on any atom is -0.455 e. The summed E-state index contributed by atoms with van der Waals surface area (Å²) in [5, 5.41) is 0.248. The van der Waals surface area contributed by atoms with Gasteiger partial charge in [0.05, 0.1) is 12.4 Å². The van der Waals surface area contributed by atoms with Crippen LogP contribution in [0.1, 0.15) is 31.3 Å². The van der Waals surface area contributed by atoms with Crippen molar-refractivity contribution in [3.8, 4) is 0 Å². The molecule has 0 spiro atoms. The van der Waals surface area contributed by atoms with Crippen LogP contribution in [0.2, 0.25) is 5.15 Å². The van der Waals surface area contributed by atoms with Gasteiger partial charge in [0.25, 0.3) is 0 Å². The molecular weight excluding hydrogens is 204 g/mol. The number of aromatic nitrogens is 2. The third kappa shape index (κ3) is 3.30. The summed E-state index contributed by atoms with van der Waals surface area (Å²) in [6, 6.07) is 0. The van der Waals surface area contributed by atoms with Gasteiger partial charge in [-0.3, -0.25) is 0 Å². The van der Waals surface area contributed by atoms with Crippen molar-refractivity contribution in [3.63, 3.8) is 0 Å². The van der Waals surface area contributed by atoms with Gasteiger partial charge < -0.3 is 4.74 Å². The standard InChI is InChI=1S/C9H11ClN2O2/c1-9(2,3)14-8(13)6-4-12-7(10)5-11-6/h4-5H,1-3H3. The van der Waals surface area contributed by atoms with Crippen molar-refractivity contribution in [2.24, 2.45) is 0 Å². The second-order valence-corrected chi connectivity index (χ2v) is 4.11. The maximum atomic E-state index is 11.4. The van der Waals surface area contributed by atoms with E-state index in [1.54, 1.807) is 20.8 Å². The molecule has 0 aliphatic heterocycles. The molecule has 1 aromatic heterocycles. The predicted molar refractivity (Wildman–Crippen MR) is 52.2 cm³/mol. The summed E-state index contributed by atoms with van der Waals surface area (Å²) >= 11 is 5.52. The fraction of sp³-hybridized carbons (Fsp3) is 0.444. The minimum atomic E-state index is -0.529. The topological polar surface area (TPSA) is 52.1 Å². The van der Waals surface area contributed by atoms with E-state index in [0.717, 1.165) is 0 Å². The molecule has 14 heavy (non-hydrogen) atoms. The Bertz CT molecular complexity index is 330. The normalized spacial score (nSPS) is 11.1. The number of halogens is 1. The van der Waals surface area contributed by atoms with Crippen molar-refractivity contribution in [3.05, 3.63) is 23.2 Å². The van der Waals surface area contributed by atoms with Gasteiger partial charge in [0.2, 0.25) is 0 Å². The van der Waals surface area contributed by atoms with Gasteiger partial charge in [0, 0.05) is 0 Å². The fourth-order valence-electron chi connectivity index (χ4n) is 0.748. The highest BCUT2D eigenvalue weighted by atomic mass is 35.5. The van der Waals surface area contributed by atoms with E-state index >= 15 is 0 Å². The lowest BCUT2D eigenvalue weighted by molar-refractivity contribution is 0.00623. The molecule has 0 aromatic carbocycles. The first-order chi connectivity index (χ1) is 6.38. The van der Waals surface area contributed by atoms with E-state index < -0.39 is 11.6 Å². The molecule has 0 unspecified atom stereocenters. The predicted octanol–water partition coefficient (Wildman–Crippen LogP) is 2.09. The quantitative estimate of drug-likeness (QED) is 0.672. The number of carbonyl (C=O) groups is 1. The van der Waals surface area contributed by atoms with Crippen LogP contribution < -0.4 is 0 Å². The van der Waals surface area contributed by atoms with Gasteiger partial charge in [-0.1, -0.05) is 11.6 Å².